The first-order chi connectivity index (χ1) is 13.2. The average Bonchev–Trinajstić information content (AvgIpc) is 2.70. The van der Waals surface area contributed by atoms with Gasteiger partial charge in [0, 0.05) is 17.3 Å². The fourth-order valence-electron chi connectivity index (χ4n) is 2.60. The topological polar surface area (TPSA) is 73.3 Å². The summed E-state index contributed by atoms with van der Waals surface area (Å²) in [6.07, 6.45) is 0.291. The maximum absolute atomic E-state index is 12.3. The number of hydrogen-bond donors (Lipinski definition) is 1. The summed E-state index contributed by atoms with van der Waals surface area (Å²) in [6, 6.07) is 18.6. The number of methoxy groups -OCH3 is 1. The molecular formula is C21H21N3O3. The largest absolute Gasteiger partial charge is 0.494 e. The van der Waals surface area contributed by atoms with Crippen LogP contribution in [-0.2, 0) is 11.2 Å². The van der Waals surface area contributed by atoms with Crippen LogP contribution in [0.4, 0.5) is 5.69 Å². The molecule has 0 unspecified atom stereocenters. The van der Waals surface area contributed by atoms with E-state index in [1.165, 1.54) is 0 Å². The zero-order valence-electron chi connectivity index (χ0n) is 15.3. The Bertz CT molecular complexity index is 893. The van der Waals surface area contributed by atoms with Crippen LogP contribution in [0.25, 0.3) is 11.3 Å². The zero-order valence-corrected chi connectivity index (χ0v) is 15.3. The molecule has 3 rings (SSSR count). The van der Waals surface area contributed by atoms with E-state index in [0.717, 1.165) is 16.9 Å². The van der Waals surface area contributed by atoms with Gasteiger partial charge in [0.2, 0.25) is 11.8 Å². The molecule has 0 atom stereocenters. The minimum Gasteiger partial charge on any atom is -0.494 e. The molecule has 2 aromatic carbocycles. The fraction of sp³-hybridized carbons (Fsp3) is 0.190. The van der Waals surface area contributed by atoms with E-state index in [-0.39, 0.29) is 5.91 Å². The number of carbonyl (C=O) groups is 1. The van der Waals surface area contributed by atoms with Crippen molar-refractivity contribution in [2.75, 3.05) is 19.0 Å². The number of nitrogens with zero attached hydrogens (tertiary/aromatic N) is 2. The van der Waals surface area contributed by atoms with Crippen LogP contribution in [-0.4, -0.2) is 29.8 Å². The van der Waals surface area contributed by atoms with Crippen LogP contribution < -0.4 is 14.8 Å². The van der Waals surface area contributed by atoms with Gasteiger partial charge in [-0.15, -0.1) is 10.2 Å². The zero-order chi connectivity index (χ0) is 19.1. The lowest BCUT2D eigenvalue weighted by Crippen LogP contribution is -2.14. The summed E-state index contributed by atoms with van der Waals surface area (Å²) in [5, 5.41) is 11.0. The van der Waals surface area contributed by atoms with E-state index in [1.807, 2.05) is 61.5 Å². The van der Waals surface area contributed by atoms with Gasteiger partial charge in [-0.25, -0.2) is 0 Å². The Hall–Kier alpha value is -3.41. The van der Waals surface area contributed by atoms with Crippen LogP contribution in [0.15, 0.2) is 60.7 Å². The van der Waals surface area contributed by atoms with E-state index in [4.69, 9.17) is 9.47 Å². The molecule has 0 aliphatic rings. The highest BCUT2D eigenvalue weighted by molar-refractivity contribution is 5.92. The van der Waals surface area contributed by atoms with Gasteiger partial charge in [0.05, 0.1) is 25.8 Å². The Labute approximate surface area is 158 Å². The van der Waals surface area contributed by atoms with Crippen LogP contribution in [0.5, 0.6) is 11.6 Å². The molecule has 0 aliphatic heterocycles. The summed E-state index contributed by atoms with van der Waals surface area (Å²) in [4.78, 5) is 12.3. The Morgan fingerprint density at radius 3 is 2.52 bits per heavy atom. The molecule has 27 heavy (non-hydrogen) atoms. The van der Waals surface area contributed by atoms with E-state index in [1.54, 1.807) is 13.2 Å². The monoisotopic (exact) mass is 363 g/mol. The van der Waals surface area contributed by atoms with E-state index in [2.05, 4.69) is 15.5 Å². The van der Waals surface area contributed by atoms with Crippen molar-refractivity contribution in [1.29, 1.82) is 0 Å². The number of ether oxygens (including phenoxy) is 2. The molecule has 0 saturated heterocycles. The van der Waals surface area contributed by atoms with Gasteiger partial charge < -0.3 is 14.8 Å². The van der Waals surface area contributed by atoms with E-state index >= 15 is 0 Å². The Kier molecular flexibility index (Phi) is 5.99. The summed E-state index contributed by atoms with van der Waals surface area (Å²) < 4.78 is 10.4. The van der Waals surface area contributed by atoms with Crippen LogP contribution in [0.2, 0.25) is 0 Å². The number of rotatable bonds is 7. The van der Waals surface area contributed by atoms with Crippen molar-refractivity contribution in [3.8, 4) is 22.9 Å². The second-order valence-corrected chi connectivity index (χ2v) is 5.84. The second-order valence-electron chi connectivity index (χ2n) is 5.84. The molecule has 6 heteroatoms. The van der Waals surface area contributed by atoms with Crippen molar-refractivity contribution in [2.24, 2.45) is 0 Å². The van der Waals surface area contributed by atoms with Gasteiger partial charge in [0.15, 0.2) is 0 Å². The Morgan fingerprint density at radius 2 is 1.85 bits per heavy atom. The molecule has 0 fully saturated rings. The van der Waals surface area contributed by atoms with Gasteiger partial charge in [-0.3, -0.25) is 4.79 Å². The average molecular weight is 363 g/mol. The first-order valence-electron chi connectivity index (χ1n) is 8.67. The molecule has 0 spiro atoms. The predicted molar refractivity (Wildman–Crippen MR) is 104 cm³/mol. The molecule has 3 aromatic rings. The molecule has 138 valence electrons. The molecular weight excluding hydrogens is 342 g/mol. The molecule has 0 bridgehead atoms. The van der Waals surface area contributed by atoms with Crippen LogP contribution in [0.3, 0.4) is 0 Å². The Morgan fingerprint density at radius 1 is 1.04 bits per heavy atom. The third-order valence-electron chi connectivity index (χ3n) is 3.89. The minimum absolute atomic E-state index is 0.0860. The van der Waals surface area contributed by atoms with Crippen molar-refractivity contribution >= 4 is 11.6 Å². The van der Waals surface area contributed by atoms with E-state index in [0.29, 0.717) is 30.3 Å². The maximum atomic E-state index is 12.3. The summed E-state index contributed by atoms with van der Waals surface area (Å²) >= 11 is 0. The van der Waals surface area contributed by atoms with Crippen molar-refractivity contribution in [1.82, 2.24) is 10.2 Å². The van der Waals surface area contributed by atoms with Gasteiger partial charge in [-0.1, -0.05) is 24.3 Å². The highest BCUT2D eigenvalue weighted by Gasteiger charge is 2.07. The molecule has 0 radical (unpaired) electrons. The first-order valence-corrected chi connectivity index (χ1v) is 8.67. The molecule has 6 nitrogen and oxygen atoms in total. The van der Waals surface area contributed by atoms with Gasteiger partial charge in [-0.05, 0) is 42.8 Å². The number of aromatic nitrogens is 2. The molecule has 0 aliphatic carbocycles. The molecule has 0 saturated carbocycles. The lowest BCUT2D eigenvalue weighted by atomic mass is 10.1. The normalized spacial score (nSPS) is 10.3. The van der Waals surface area contributed by atoms with E-state index < -0.39 is 0 Å². The third-order valence-corrected chi connectivity index (χ3v) is 3.89. The van der Waals surface area contributed by atoms with Gasteiger partial charge in [-0.2, -0.15) is 0 Å². The van der Waals surface area contributed by atoms with Crippen LogP contribution in [0, 0.1) is 0 Å². The van der Waals surface area contributed by atoms with Crippen molar-refractivity contribution < 1.29 is 14.3 Å². The standard InChI is InChI=1S/C21H21N3O3/c1-3-27-18-9-7-15(8-10-18)13-20(25)22-17-6-4-5-16(14-17)19-11-12-21(26-2)24-23-19/h4-12,14H,3,13H2,1-2H3,(H,22,25). The molecule has 1 aromatic heterocycles. The van der Waals surface area contributed by atoms with Gasteiger partial charge in [0.25, 0.3) is 0 Å². The quantitative estimate of drug-likeness (QED) is 0.692. The predicted octanol–water partition coefficient (Wildman–Crippen LogP) is 3.73. The molecule has 1 N–H and O–H groups in total. The van der Waals surface area contributed by atoms with Crippen molar-refractivity contribution in [2.45, 2.75) is 13.3 Å². The van der Waals surface area contributed by atoms with Crippen molar-refractivity contribution in [3.63, 3.8) is 0 Å². The number of nitrogens with one attached hydrogen (secondary N) is 1. The lowest BCUT2D eigenvalue weighted by Gasteiger charge is -2.08. The minimum atomic E-state index is -0.0860. The van der Waals surface area contributed by atoms with Crippen molar-refractivity contribution in [3.05, 3.63) is 66.2 Å². The third kappa shape index (κ3) is 5.04. The lowest BCUT2D eigenvalue weighted by molar-refractivity contribution is -0.115. The summed E-state index contributed by atoms with van der Waals surface area (Å²) in [5.41, 5.74) is 3.21. The summed E-state index contributed by atoms with van der Waals surface area (Å²) in [7, 11) is 1.55. The number of hydrogen-bond acceptors (Lipinski definition) is 5. The number of carbonyl (C=O) groups excluding carboxylic acids is 1. The smallest absolute Gasteiger partial charge is 0.233 e. The van der Waals surface area contributed by atoms with Crippen LogP contribution >= 0.6 is 0 Å². The number of amides is 1. The fourth-order valence-corrected chi connectivity index (χ4v) is 2.60. The van der Waals surface area contributed by atoms with Crippen LogP contribution in [0.1, 0.15) is 12.5 Å². The van der Waals surface area contributed by atoms with Gasteiger partial charge >= 0.3 is 0 Å². The first kappa shape index (κ1) is 18.4. The second kappa shape index (κ2) is 8.80. The Balaban J connectivity index is 1.65. The highest BCUT2D eigenvalue weighted by atomic mass is 16.5. The SMILES string of the molecule is CCOc1ccc(CC(=O)Nc2cccc(-c3ccc(OC)nn3)c2)cc1. The highest BCUT2D eigenvalue weighted by Crippen LogP contribution is 2.21. The molecule has 1 amide bonds. The summed E-state index contributed by atoms with van der Waals surface area (Å²) in [6.45, 7) is 2.56. The maximum Gasteiger partial charge on any atom is 0.233 e. The number of anilines is 1. The van der Waals surface area contributed by atoms with E-state index in [9.17, 15) is 4.79 Å². The summed E-state index contributed by atoms with van der Waals surface area (Å²) in [5.74, 6) is 1.17. The molecule has 1 heterocycles. The van der Waals surface area contributed by atoms with Gasteiger partial charge in [0.1, 0.15) is 5.75 Å². The number of benzene rings is 2.